The van der Waals surface area contributed by atoms with Crippen molar-refractivity contribution in [2.75, 3.05) is 0 Å². The smallest absolute Gasteiger partial charge is 0.215 e. The van der Waals surface area contributed by atoms with Crippen LogP contribution in [0.5, 0.6) is 0 Å². The predicted molar refractivity (Wildman–Crippen MR) is 76.9 cm³/mol. The molecular formula is C16H20N2O2. The Morgan fingerprint density at radius 3 is 2.95 bits per heavy atom. The molecule has 20 heavy (non-hydrogen) atoms. The zero-order valence-corrected chi connectivity index (χ0v) is 11.6. The van der Waals surface area contributed by atoms with Crippen LogP contribution in [0.15, 0.2) is 29.6 Å². The first-order chi connectivity index (χ1) is 9.61. The van der Waals surface area contributed by atoms with Crippen molar-refractivity contribution in [2.45, 2.75) is 44.8 Å². The molecule has 0 heterocycles. The largest absolute Gasteiger partial charge is 0.398 e. The second kappa shape index (κ2) is 4.94. The topological polar surface area (TPSA) is 75.3 Å². The van der Waals surface area contributed by atoms with Crippen molar-refractivity contribution in [3.05, 3.63) is 46.3 Å². The van der Waals surface area contributed by atoms with E-state index in [0.29, 0.717) is 5.70 Å². The number of fused-ring (bicyclic) bond motifs is 1. The van der Waals surface area contributed by atoms with Gasteiger partial charge in [-0.2, -0.15) is 0 Å². The highest BCUT2D eigenvalue weighted by Crippen LogP contribution is 2.33. The van der Waals surface area contributed by atoms with E-state index < -0.39 is 6.10 Å². The van der Waals surface area contributed by atoms with Crippen molar-refractivity contribution in [1.82, 2.24) is 5.32 Å². The number of ketones is 1. The Bertz CT molecular complexity index is 592. The first-order valence-corrected chi connectivity index (χ1v) is 7.22. The fourth-order valence-electron chi connectivity index (χ4n) is 3.03. The normalized spacial score (nSPS) is 25.2. The van der Waals surface area contributed by atoms with Gasteiger partial charge in [0.1, 0.15) is 5.70 Å². The van der Waals surface area contributed by atoms with Crippen LogP contribution in [0.4, 0.5) is 0 Å². The van der Waals surface area contributed by atoms with Crippen LogP contribution in [0.3, 0.4) is 0 Å². The molecule has 0 saturated carbocycles. The molecule has 4 heteroatoms. The van der Waals surface area contributed by atoms with Crippen molar-refractivity contribution in [3.8, 4) is 0 Å². The second-order valence-electron chi connectivity index (χ2n) is 5.57. The lowest BCUT2D eigenvalue weighted by Gasteiger charge is -2.33. The fraction of sp³-hybridized carbons (Fsp3) is 0.438. The van der Waals surface area contributed by atoms with Gasteiger partial charge < -0.3 is 16.2 Å². The Morgan fingerprint density at radius 2 is 2.25 bits per heavy atom. The number of hydrogen-bond acceptors (Lipinski definition) is 4. The highest BCUT2D eigenvalue weighted by molar-refractivity contribution is 6.07. The molecule has 106 valence electrons. The lowest BCUT2D eigenvalue weighted by molar-refractivity contribution is -0.125. The lowest BCUT2D eigenvalue weighted by Crippen LogP contribution is -2.47. The Balaban J connectivity index is 1.89. The number of aliphatic hydroxyl groups excluding tert-OH is 1. The molecular weight excluding hydrogens is 252 g/mol. The molecule has 0 aliphatic heterocycles. The van der Waals surface area contributed by atoms with Gasteiger partial charge in [0.2, 0.25) is 5.78 Å². The SMILES string of the molecule is CCc1ccc2c(c1)C(NC1=C(N)C(O)C1=O)CCC2. The van der Waals surface area contributed by atoms with Crippen molar-refractivity contribution >= 4 is 5.78 Å². The minimum Gasteiger partial charge on any atom is -0.398 e. The van der Waals surface area contributed by atoms with E-state index in [-0.39, 0.29) is 17.5 Å². The van der Waals surface area contributed by atoms with E-state index in [0.717, 1.165) is 25.7 Å². The molecule has 0 saturated heterocycles. The van der Waals surface area contributed by atoms with Crippen molar-refractivity contribution in [2.24, 2.45) is 5.73 Å². The molecule has 4 N–H and O–H groups in total. The summed E-state index contributed by atoms with van der Waals surface area (Å²) in [7, 11) is 0. The first kappa shape index (κ1) is 13.2. The molecule has 3 rings (SSSR count). The van der Waals surface area contributed by atoms with Gasteiger partial charge in [-0.1, -0.05) is 25.1 Å². The Morgan fingerprint density at radius 1 is 1.45 bits per heavy atom. The van der Waals surface area contributed by atoms with Crippen LogP contribution in [0.1, 0.15) is 42.5 Å². The van der Waals surface area contributed by atoms with Gasteiger partial charge in [0.25, 0.3) is 0 Å². The van der Waals surface area contributed by atoms with Gasteiger partial charge in [0.15, 0.2) is 6.10 Å². The monoisotopic (exact) mass is 272 g/mol. The summed E-state index contributed by atoms with van der Waals surface area (Å²) >= 11 is 0. The average Bonchev–Trinajstić information content (AvgIpc) is 2.51. The maximum Gasteiger partial charge on any atom is 0.215 e. The van der Waals surface area contributed by atoms with E-state index >= 15 is 0 Å². The number of nitrogens with one attached hydrogen (secondary N) is 1. The molecule has 0 fully saturated rings. The summed E-state index contributed by atoms with van der Waals surface area (Å²) in [4.78, 5) is 11.6. The summed E-state index contributed by atoms with van der Waals surface area (Å²) < 4.78 is 0. The third kappa shape index (κ3) is 2.00. The summed E-state index contributed by atoms with van der Waals surface area (Å²) in [6, 6.07) is 6.71. The van der Waals surface area contributed by atoms with Crippen molar-refractivity contribution < 1.29 is 9.90 Å². The van der Waals surface area contributed by atoms with Crippen LogP contribution in [0.2, 0.25) is 0 Å². The molecule has 2 aliphatic carbocycles. The Hall–Kier alpha value is -1.81. The van der Waals surface area contributed by atoms with Crippen LogP contribution in [0, 0.1) is 0 Å². The number of Topliss-reactive ketones (excluding diaryl/α,β-unsaturated/α-hetero) is 1. The fourth-order valence-corrected chi connectivity index (χ4v) is 3.03. The molecule has 2 atom stereocenters. The number of rotatable bonds is 3. The number of carbonyl (C=O) groups excluding carboxylic acids is 1. The van der Waals surface area contributed by atoms with Gasteiger partial charge in [-0.05, 0) is 42.4 Å². The van der Waals surface area contributed by atoms with Gasteiger partial charge in [0, 0.05) is 0 Å². The van der Waals surface area contributed by atoms with Crippen molar-refractivity contribution in [3.63, 3.8) is 0 Å². The summed E-state index contributed by atoms with van der Waals surface area (Å²) in [5.41, 5.74) is 10.3. The summed E-state index contributed by atoms with van der Waals surface area (Å²) in [6.07, 6.45) is 3.06. The standard InChI is InChI=1S/C16H20N2O2/c1-2-9-6-7-10-4-3-5-12(11(10)8-9)18-14-13(17)15(19)16(14)20/h6-8,12,15,18-19H,2-5,17H2,1H3. The third-order valence-corrected chi connectivity index (χ3v) is 4.33. The number of aliphatic hydroxyl groups is 1. The molecule has 2 unspecified atom stereocenters. The van der Waals surface area contributed by atoms with Crippen LogP contribution in [-0.2, 0) is 17.6 Å². The van der Waals surface area contributed by atoms with E-state index in [1.54, 1.807) is 0 Å². The van der Waals surface area contributed by atoms with E-state index in [4.69, 9.17) is 5.73 Å². The summed E-state index contributed by atoms with van der Waals surface area (Å²) in [5.74, 6) is -0.290. The summed E-state index contributed by atoms with van der Waals surface area (Å²) in [6.45, 7) is 2.14. The Kier molecular flexibility index (Phi) is 3.26. The summed E-state index contributed by atoms with van der Waals surface area (Å²) in [5, 5.41) is 12.6. The van der Waals surface area contributed by atoms with E-state index in [1.807, 2.05) is 0 Å². The molecule has 1 aromatic rings. The van der Waals surface area contributed by atoms with Crippen molar-refractivity contribution in [1.29, 1.82) is 0 Å². The quantitative estimate of drug-likeness (QED) is 0.776. The number of benzene rings is 1. The van der Waals surface area contributed by atoms with E-state index in [9.17, 15) is 9.90 Å². The third-order valence-electron chi connectivity index (χ3n) is 4.33. The minimum atomic E-state index is -1.11. The van der Waals surface area contributed by atoms with Gasteiger partial charge in [-0.15, -0.1) is 0 Å². The second-order valence-corrected chi connectivity index (χ2v) is 5.57. The predicted octanol–water partition coefficient (Wildman–Crippen LogP) is 1.33. The maximum atomic E-state index is 11.6. The highest BCUT2D eigenvalue weighted by Gasteiger charge is 2.37. The molecule has 0 radical (unpaired) electrons. The zero-order valence-electron chi connectivity index (χ0n) is 11.6. The number of hydrogen-bond donors (Lipinski definition) is 3. The number of aryl methyl sites for hydroxylation is 2. The zero-order chi connectivity index (χ0) is 14.3. The van der Waals surface area contributed by atoms with Crippen LogP contribution < -0.4 is 11.1 Å². The lowest BCUT2D eigenvalue weighted by atomic mass is 9.85. The Labute approximate surface area is 118 Å². The number of nitrogens with two attached hydrogens (primary N) is 1. The molecule has 0 amide bonds. The van der Waals surface area contributed by atoms with Gasteiger partial charge in [-0.25, -0.2) is 0 Å². The highest BCUT2D eigenvalue weighted by atomic mass is 16.3. The average molecular weight is 272 g/mol. The van der Waals surface area contributed by atoms with Gasteiger partial charge in [0.05, 0.1) is 11.7 Å². The van der Waals surface area contributed by atoms with Gasteiger partial charge in [-0.3, -0.25) is 4.79 Å². The van der Waals surface area contributed by atoms with E-state index in [2.05, 4.69) is 30.4 Å². The number of carbonyl (C=O) groups is 1. The first-order valence-electron chi connectivity index (χ1n) is 7.22. The minimum absolute atomic E-state index is 0.121. The molecule has 2 aliphatic rings. The molecule has 0 spiro atoms. The van der Waals surface area contributed by atoms with Crippen LogP contribution in [-0.4, -0.2) is 17.0 Å². The molecule has 0 bridgehead atoms. The van der Waals surface area contributed by atoms with Crippen LogP contribution >= 0.6 is 0 Å². The van der Waals surface area contributed by atoms with Gasteiger partial charge >= 0.3 is 0 Å². The maximum absolute atomic E-state index is 11.6. The molecule has 1 aromatic carbocycles. The molecule has 0 aromatic heterocycles. The molecule has 4 nitrogen and oxygen atoms in total. The van der Waals surface area contributed by atoms with E-state index in [1.165, 1.54) is 16.7 Å². The van der Waals surface area contributed by atoms with Crippen LogP contribution in [0.25, 0.3) is 0 Å².